The SMILES string of the molecule is Cc1cc(-c2ccc(OCC(=O)N(C)Cc3nonc3C)c(CN3CCOCC3)c2)c2ccccc2n1. The van der Waals surface area contributed by atoms with Gasteiger partial charge < -0.3 is 14.4 Å². The number of ether oxygens (including phenoxy) is 2. The minimum atomic E-state index is -0.153. The Balaban J connectivity index is 1.40. The molecule has 0 aliphatic carbocycles. The van der Waals surface area contributed by atoms with Crippen LogP contribution in [0.3, 0.4) is 0 Å². The van der Waals surface area contributed by atoms with Crippen molar-refractivity contribution in [3.05, 3.63) is 71.2 Å². The smallest absolute Gasteiger partial charge is 0.260 e. The summed E-state index contributed by atoms with van der Waals surface area (Å²) in [5.41, 5.74) is 6.49. The van der Waals surface area contributed by atoms with Crippen molar-refractivity contribution in [3.8, 4) is 16.9 Å². The minimum absolute atomic E-state index is 0.0758. The Morgan fingerprint density at radius 3 is 2.68 bits per heavy atom. The van der Waals surface area contributed by atoms with Crippen molar-refractivity contribution < 1.29 is 18.9 Å². The van der Waals surface area contributed by atoms with E-state index in [2.05, 4.69) is 44.5 Å². The molecular formula is C28H31N5O4. The van der Waals surface area contributed by atoms with Gasteiger partial charge >= 0.3 is 0 Å². The molecule has 0 saturated carbocycles. The van der Waals surface area contributed by atoms with Crippen molar-refractivity contribution in [1.29, 1.82) is 0 Å². The number of hydrogen-bond donors (Lipinski definition) is 0. The molecule has 1 fully saturated rings. The van der Waals surface area contributed by atoms with Crippen LogP contribution in [0.1, 0.15) is 22.6 Å². The molecule has 9 heteroatoms. The maximum Gasteiger partial charge on any atom is 0.260 e. The summed E-state index contributed by atoms with van der Waals surface area (Å²) in [6.07, 6.45) is 0. The van der Waals surface area contributed by atoms with Gasteiger partial charge in [-0.25, -0.2) is 4.63 Å². The normalized spacial score (nSPS) is 14.1. The maximum atomic E-state index is 12.8. The molecule has 0 radical (unpaired) electrons. The fraction of sp³-hybridized carbons (Fsp3) is 0.357. The minimum Gasteiger partial charge on any atom is -0.483 e. The molecule has 1 aliphatic heterocycles. The molecule has 1 amide bonds. The van der Waals surface area contributed by atoms with Crippen LogP contribution in [0, 0.1) is 13.8 Å². The van der Waals surface area contributed by atoms with Crippen LogP contribution in [0.4, 0.5) is 0 Å². The second-order valence-electron chi connectivity index (χ2n) is 9.37. The Labute approximate surface area is 216 Å². The van der Waals surface area contributed by atoms with Gasteiger partial charge in [0, 0.05) is 43.3 Å². The summed E-state index contributed by atoms with van der Waals surface area (Å²) in [5.74, 6) is 0.547. The van der Waals surface area contributed by atoms with E-state index in [0.717, 1.165) is 46.4 Å². The Morgan fingerprint density at radius 1 is 1.08 bits per heavy atom. The number of likely N-dealkylation sites (N-methyl/N-ethyl adjacent to an activating group) is 1. The first-order valence-corrected chi connectivity index (χ1v) is 12.4. The third kappa shape index (κ3) is 5.79. The maximum absolute atomic E-state index is 12.8. The quantitative estimate of drug-likeness (QED) is 0.360. The van der Waals surface area contributed by atoms with Gasteiger partial charge in [0.1, 0.15) is 17.1 Å². The number of carbonyl (C=O) groups is 1. The molecule has 4 aromatic rings. The molecule has 5 rings (SSSR count). The highest BCUT2D eigenvalue weighted by atomic mass is 16.6. The van der Waals surface area contributed by atoms with Gasteiger partial charge in [-0.1, -0.05) is 34.6 Å². The first-order chi connectivity index (χ1) is 18.0. The summed E-state index contributed by atoms with van der Waals surface area (Å²) < 4.78 is 16.4. The molecule has 9 nitrogen and oxygen atoms in total. The molecule has 0 bridgehead atoms. The molecule has 37 heavy (non-hydrogen) atoms. The van der Waals surface area contributed by atoms with E-state index in [4.69, 9.17) is 14.1 Å². The molecule has 1 aliphatic rings. The molecule has 3 heterocycles. The van der Waals surface area contributed by atoms with Crippen molar-refractivity contribution in [2.75, 3.05) is 40.0 Å². The number of carbonyl (C=O) groups excluding carboxylic acids is 1. The number of pyridine rings is 1. The van der Waals surface area contributed by atoms with Gasteiger partial charge in [-0.3, -0.25) is 14.7 Å². The molecule has 0 atom stereocenters. The zero-order valence-electron chi connectivity index (χ0n) is 21.4. The lowest BCUT2D eigenvalue weighted by molar-refractivity contribution is -0.132. The van der Waals surface area contributed by atoms with Gasteiger partial charge in [0.2, 0.25) is 0 Å². The second kappa shape index (κ2) is 11.1. The first-order valence-electron chi connectivity index (χ1n) is 12.4. The van der Waals surface area contributed by atoms with Crippen LogP contribution in [0.5, 0.6) is 5.75 Å². The van der Waals surface area contributed by atoms with E-state index < -0.39 is 0 Å². The number of rotatable bonds is 8. The van der Waals surface area contributed by atoms with E-state index in [9.17, 15) is 4.79 Å². The number of morpholine rings is 1. The second-order valence-corrected chi connectivity index (χ2v) is 9.37. The summed E-state index contributed by atoms with van der Waals surface area (Å²) in [6, 6.07) is 16.5. The number of aromatic nitrogens is 3. The highest BCUT2D eigenvalue weighted by Gasteiger charge is 2.18. The van der Waals surface area contributed by atoms with E-state index in [1.807, 2.05) is 31.2 Å². The van der Waals surface area contributed by atoms with Crippen molar-refractivity contribution in [1.82, 2.24) is 25.1 Å². The third-order valence-corrected chi connectivity index (χ3v) is 6.62. The van der Waals surface area contributed by atoms with Crippen molar-refractivity contribution in [2.24, 2.45) is 0 Å². The topological polar surface area (TPSA) is 93.8 Å². The van der Waals surface area contributed by atoms with Gasteiger partial charge in [0.15, 0.2) is 6.61 Å². The molecular weight excluding hydrogens is 470 g/mol. The van der Waals surface area contributed by atoms with Crippen LogP contribution in [-0.4, -0.2) is 71.0 Å². The average Bonchev–Trinajstić information content (AvgIpc) is 3.31. The number of amides is 1. The largest absolute Gasteiger partial charge is 0.483 e. The Bertz CT molecular complexity index is 1400. The van der Waals surface area contributed by atoms with E-state index >= 15 is 0 Å². The zero-order chi connectivity index (χ0) is 25.8. The fourth-order valence-corrected chi connectivity index (χ4v) is 4.51. The van der Waals surface area contributed by atoms with E-state index in [1.165, 1.54) is 0 Å². The molecule has 2 aromatic heterocycles. The molecule has 1 saturated heterocycles. The number of aryl methyl sites for hydroxylation is 2. The van der Waals surface area contributed by atoms with Crippen molar-refractivity contribution in [3.63, 3.8) is 0 Å². The number of benzene rings is 2. The highest BCUT2D eigenvalue weighted by Crippen LogP contribution is 2.33. The summed E-state index contributed by atoms with van der Waals surface area (Å²) in [5, 5.41) is 8.74. The summed E-state index contributed by atoms with van der Waals surface area (Å²) in [4.78, 5) is 21.4. The van der Waals surface area contributed by atoms with E-state index in [0.29, 0.717) is 43.4 Å². The van der Waals surface area contributed by atoms with Gasteiger partial charge in [0.05, 0.1) is 25.3 Å². The lowest BCUT2D eigenvalue weighted by Gasteiger charge is -2.27. The Hall–Kier alpha value is -3.82. The van der Waals surface area contributed by atoms with Crippen LogP contribution < -0.4 is 4.74 Å². The monoisotopic (exact) mass is 501 g/mol. The van der Waals surface area contributed by atoms with Gasteiger partial charge in [0.25, 0.3) is 5.91 Å². The predicted octanol–water partition coefficient (Wildman–Crippen LogP) is 3.77. The first kappa shape index (κ1) is 24.9. The average molecular weight is 502 g/mol. The van der Waals surface area contributed by atoms with Crippen LogP contribution in [0.15, 0.2) is 53.2 Å². The van der Waals surface area contributed by atoms with Crippen molar-refractivity contribution in [2.45, 2.75) is 26.9 Å². The highest BCUT2D eigenvalue weighted by molar-refractivity contribution is 5.94. The number of hydrogen-bond acceptors (Lipinski definition) is 8. The fourth-order valence-electron chi connectivity index (χ4n) is 4.51. The molecule has 0 spiro atoms. The molecule has 0 N–H and O–H groups in total. The summed E-state index contributed by atoms with van der Waals surface area (Å²) >= 11 is 0. The van der Waals surface area contributed by atoms with Crippen LogP contribution in [-0.2, 0) is 22.6 Å². The standard InChI is InChI=1S/C28H31N5O4/c1-19-14-24(23-6-4-5-7-25(23)29-19)21-8-9-27(22(15-21)16-33-10-12-35-13-11-33)36-18-28(34)32(3)17-26-20(2)30-37-31-26/h4-9,14-15H,10-13,16-18H2,1-3H3. The Kier molecular flexibility index (Phi) is 7.43. The predicted molar refractivity (Wildman–Crippen MR) is 139 cm³/mol. The molecule has 2 aromatic carbocycles. The summed E-state index contributed by atoms with van der Waals surface area (Å²) in [7, 11) is 1.72. The van der Waals surface area contributed by atoms with Crippen LogP contribution >= 0.6 is 0 Å². The molecule has 0 unspecified atom stereocenters. The van der Waals surface area contributed by atoms with E-state index in [1.54, 1.807) is 18.9 Å². The summed E-state index contributed by atoms with van der Waals surface area (Å²) in [6.45, 7) is 7.89. The molecule has 192 valence electrons. The van der Waals surface area contributed by atoms with Crippen molar-refractivity contribution >= 4 is 16.8 Å². The Morgan fingerprint density at radius 2 is 1.89 bits per heavy atom. The van der Waals surface area contributed by atoms with Gasteiger partial charge in [-0.05, 0) is 49.2 Å². The third-order valence-electron chi connectivity index (χ3n) is 6.62. The van der Waals surface area contributed by atoms with E-state index in [-0.39, 0.29) is 12.5 Å². The van der Waals surface area contributed by atoms with Gasteiger partial charge in [-0.15, -0.1) is 0 Å². The number of fused-ring (bicyclic) bond motifs is 1. The van der Waals surface area contributed by atoms with Crippen LogP contribution in [0.25, 0.3) is 22.0 Å². The van der Waals surface area contributed by atoms with Gasteiger partial charge in [-0.2, -0.15) is 0 Å². The lowest BCUT2D eigenvalue weighted by Crippen LogP contribution is -2.36. The lowest BCUT2D eigenvalue weighted by atomic mass is 9.98. The zero-order valence-corrected chi connectivity index (χ0v) is 21.4. The number of nitrogens with zero attached hydrogens (tertiary/aromatic N) is 5. The van der Waals surface area contributed by atoms with Crippen LogP contribution in [0.2, 0.25) is 0 Å². The number of para-hydroxylation sites is 1.